The first-order chi connectivity index (χ1) is 17.5. The fourth-order valence-corrected chi connectivity index (χ4v) is 6.18. The summed E-state index contributed by atoms with van der Waals surface area (Å²) in [6.45, 7) is 2.04. The van der Waals surface area contributed by atoms with Crippen molar-refractivity contribution in [1.29, 1.82) is 0 Å². The number of halogens is 1. The predicted molar refractivity (Wildman–Crippen MR) is 140 cm³/mol. The molecule has 0 fully saturated rings. The van der Waals surface area contributed by atoms with Gasteiger partial charge < -0.3 is 20.1 Å². The minimum absolute atomic E-state index is 0.0501. The van der Waals surface area contributed by atoms with Crippen LogP contribution in [0.3, 0.4) is 0 Å². The lowest BCUT2D eigenvalue weighted by atomic mass is 9.72. The second-order valence-electron chi connectivity index (χ2n) is 9.11. The summed E-state index contributed by atoms with van der Waals surface area (Å²) in [6, 6.07) is 16.7. The number of nitrogens with one attached hydrogen (secondary N) is 2. The molecule has 6 nitrogen and oxygen atoms in total. The molecule has 1 aliphatic carbocycles. The van der Waals surface area contributed by atoms with Crippen LogP contribution in [0.25, 0.3) is 0 Å². The van der Waals surface area contributed by atoms with Crippen molar-refractivity contribution in [3.8, 4) is 11.5 Å². The maximum absolute atomic E-state index is 13.7. The number of thiophene rings is 1. The molecule has 1 amide bonds. The first-order valence-electron chi connectivity index (χ1n) is 11.7. The molecule has 3 aliphatic rings. The number of ether oxygens (including phenoxy) is 2. The van der Waals surface area contributed by atoms with Gasteiger partial charge in [-0.15, -0.1) is 11.3 Å². The molecule has 2 aromatic carbocycles. The van der Waals surface area contributed by atoms with Gasteiger partial charge in [-0.1, -0.05) is 23.7 Å². The number of carbonyl (C=O) groups excluding carboxylic acids is 2. The molecular formula is C28H23ClN2O4S. The Hall–Kier alpha value is -3.55. The van der Waals surface area contributed by atoms with E-state index in [2.05, 4.69) is 16.7 Å². The van der Waals surface area contributed by atoms with Gasteiger partial charge in [0.25, 0.3) is 5.91 Å². The van der Waals surface area contributed by atoms with Gasteiger partial charge in [-0.05, 0) is 66.8 Å². The molecule has 8 heteroatoms. The van der Waals surface area contributed by atoms with Crippen LogP contribution >= 0.6 is 22.9 Å². The lowest BCUT2D eigenvalue weighted by molar-refractivity contribution is -0.116. The zero-order valence-electron chi connectivity index (χ0n) is 19.5. The van der Waals surface area contributed by atoms with E-state index in [1.54, 1.807) is 35.6 Å². The first-order valence-corrected chi connectivity index (χ1v) is 13.0. The summed E-state index contributed by atoms with van der Waals surface area (Å²) in [5.41, 5.74) is 4.20. The first kappa shape index (κ1) is 22.9. The number of fused-ring (bicyclic) bond motifs is 1. The van der Waals surface area contributed by atoms with E-state index in [1.165, 1.54) is 4.88 Å². The average Bonchev–Trinajstić information content (AvgIpc) is 3.56. The van der Waals surface area contributed by atoms with Gasteiger partial charge in [-0.3, -0.25) is 9.59 Å². The van der Waals surface area contributed by atoms with E-state index in [9.17, 15) is 9.59 Å². The number of benzene rings is 2. The third-order valence-corrected chi connectivity index (χ3v) is 8.14. The topological polar surface area (TPSA) is 76.7 Å². The molecule has 2 N–H and O–H groups in total. The number of anilines is 1. The predicted octanol–water partition coefficient (Wildman–Crippen LogP) is 6.13. The van der Waals surface area contributed by atoms with E-state index in [-0.39, 0.29) is 24.4 Å². The summed E-state index contributed by atoms with van der Waals surface area (Å²) in [4.78, 5) is 28.6. The summed E-state index contributed by atoms with van der Waals surface area (Å²) in [5, 5.41) is 9.03. The van der Waals surface area contributed by atoms with Crippen LogP contribution in [0.1, 0.15) is 42.0 Å². The van der Waals surface area contributed by atoms with E-state index >= 15 is 0 Å². The molecule has 0 unspecified atom stereocenters. The summed E-state index contributed by atoms with van der Waals surface area (Å²) in [5.74, 6) is 0.641. The maximum Gasteiger partial charge on any atom is 0.254 e. The maximum atomic E-state index is 13.7. The van der Waals surface area contributed by atoms with Crippen molar-refractivity contribution in [3.63, 3.8) is 0 Å². The lowest BCUT2D eigenvalue weighted by Gasteiger charge is -2.36. The summed E-state index contributed by atoms with van der Waals surface area (Å²) in [6.07, 6.45) is 1.12. The van der Waals surface area contributed by atoms with Crippen molar-refractivity contribution in [2.75, 3.05) is 12.1 Å². The highest BCUT2D eigenvalue weighted by Crippen LogP contribution is 2.47. The number of hydrogen-bond donors (Lipinski definition) is 2. The largest absolute Gasteiger partial charge is 0.454 e. The molecule has 0 saturated carbocycles. The molecule has 0 bridgehead atoms. The Kier molecular flexibility index (Phi) is 5.82. The molecule has 3 aromatic rings. The molecule has 182 valence electrons. The van der Waals surface area contributed by atoms with Crippen LogP contribution in [-0.2, 0) is 9.59 Å². The minimum Gasteiger partial charge on any atom is -0.454 e. The van der Waals surface area contributed by atoms with Gasteiger partial charge in [0.2, 0.25) is 6.79 Å². The fraction of sp³-hybridized carbons (Fsp3) is 0.214. The van der Waals surface area contributed by atoms with Crippen molar-refractivity contribution >= 4 is 40.3 Å². The van der Waals surface area contributed by atoms with Gasteiger partial charge in [-0.25, -0.2) is 0 Å². The van der Waals surface area contributed by atoms with Crippen molar-refractivity contribution in [2.45, 2.75) is 31.6 Å². The number of amides is 1. The summed E-state index contributed by atoms with van der Waals surface area (Å²) < 4.78 is 11.1. The monoisotopic (exact) mass is 518 g/mol. The summed E-state index contributed by atoms with van der Waals surface area (Å²) >= 11 is 7.69. The van der Waals surface area contributed by atoms with Crippen LogP contribution in [0.5, 0.6) is 11.5 Å². The number of allylic oxidation sites excluding steroid dienone is 3. The van der Waals surface area contributed by atoms with Crippen molar-refractivity contribution in [3.05, 3.63) is 98.0 Å². The highest BCUT2D eigenvalue weighted by molar-refractivity contribution is 7.10. The van der Waals surface area contributed by atoms with Crippen LogP contribution < -0.4 is 20.1 Å². The van der Waals surface area contributed by atoms with Gasteiger partial charge in [-0.2, -0.15) is 0 Å². The van der Waals surface area contributed by atoms with Gasteiger partial charge in [0.1, 0.15) is 0 Å². The van der Waals surface area contributed by atoms with E-state index < -0.39 is 5.92 Å². The van der Waals surface area contributed by atoms with Crippen LogP contribution in [0.2, 0.25) is 5.02 Å². The highest BCUT2D eigenvalue weighted by atomic mass is 35.5. The zero-order chi connectivity index (χ0) is 24.8. The Morgan fingerprint density at radius 1 is 1.08 bits per heavy atom. The molecule has 2 aliphatic heterocycles. The number of ketones is 1. The third kappa shape index (κ3) is 4.08. The number of dihydropyridines is 1. The molecule has 0 radical (unpaired) electrons. The van der Waals surface area contributed by atoms with Crippen LogP contribution in [-0.4, -0.2) is 18.5 Å². The standard InChI is InChI=1S/C28H23ClN2O4S/c1-15-25(28(33)31-19-7-5-18(29)6-8-19)26(16-4-9-22-23(13-16)35-14-34-22)27-20(30-15)11-17(12-21(27)32)24-3-2-10-36-24/h2-10,13,17,26,30H,11-12,14H2,1H3,(H,31,33)/t17-,26+/m0/s1. The number of carbonyl (C=O) groups is 2. The number of hydrogen-bond acceptors (Lipinski definition) is 6. The molecule has 6 rings (SSSR count). The Bertz CT molecular complexity index is 1430. The highest BCUT2D eigenvalue weighted by Gasteiger charge is 2.41. The van der Waals surface area contributed by atoms with E-state index in [1.807, 2.05) is 36.6 Å². The number of rotatable bonds is 4. The summed E-state index contributed by atoms with van der Waals surface area (Å²) in [7, 11) is 0. The molecular weight excluding hydrogens is 496 g/mol. The second kappa shape index (κ2) is 9.15. The number of Topliss-reactive ketones (excluding diaryl/α,β-unsaturated/α-hetero) is 1. The molecule has 0 saturated heterocycles. The van der Waals surface area contributed by atoms with Gasteiger partial charge >= 0.3 is 0 Å². The van der Waals surface area contributed by atoms with Crippen LogP contribution in [0.15, 0.2) is 82.5 Å². The Morgan fingerprint density at radius 3 is 2.67 bits per heavy atom. The quantitative estimate of drug-likeness (QED) is 0.434. The Labute approximate surface area is 217 Å². The van der Waals surface area contributed by atoms with Crippen LogP contribution in [0.4, 0.5) is 5.69 Å². The van der Waals surface area contributed by atoms with Gasteiger partial charge in [0.15, 0.2) is 17.3 Å². The normalized spacial score (nSPS) is 20.8. The fourth-order valence-electron chi connectivity index (χ4n) is 5.22. The lowest BCUT2D eigenvalue weighted by Crippen LogP contribution is -2.37. The SMILES string of the molecule is CC1=C(C(=O)Nc2ccc(Cl)cc2)[C@@H](c2ccc3c(c2)OCO3)C2=C(C[C@H](c3cccs3)CC2=O)N1. The second-order valence-corrected chi connectivity index (χ2v) is 10.5. The third-order valence-electron chi connectivity index (χ3n) is 6.85. The molecule has 1 aromatic heterocycles. The van der Waals surface area contributed by atoms with Crippen molar-refractivity contribution < 1.29 is 19.1 Å². The molecule has 3 heterocycles. The van der Waals surface area contributed by atoms with Gasteiger partial charge in [0.05, 0.1) is 0 Å². The van der Waals surface area contributed by atoms with E-state index in [0.29, 0.717) is 46.2 Å². The smallest absolute Gasteiger partial charge is 0.254 e. The average molecular weight is 519 g/mol. The van der Waals surface area contributed by atoms with Gasteiger partial charge in [0, 0.05) is 56.4 Å². The van der Waals surface area contributed by atoms with Crippen molar-refractivity contribution in [2.24, 2.45) is 0 Å². The molecule has 0 spiro atoms. The van der Waals surface area contributed by atoms with Crippen LogP contribution in [0, 0.1) is 0 Å². The molecule has 2 atom stereocenters. The molecule has 36 heavy (non-hydrogen) atoms. The Morgan fingerprint density at radius 2 is 1.89 bits per heavy atom. The minimum atomic E-state index is -0.528. The van der Waals surface area contributed by atoms with E-state index in [0.717, 1.165) is 17.0 Å². The van der Waals surface area contributed by atoms with Crippen molar-refractivity contribution in [1.82, 2.24) is 5.32 Å². The zero-order valence-corrected chi connectivity index (χ0v) is 21.0. The van der Waals surface area contributed by atoms with E-state index in [4.69, 9.17) is 21.1 Å². The Balaban J connectivity index is 1.42.